The average molecular weight is 344 g/mol. The third-order valence-corrected chi connectivity index (χ3v) is 3.70. The lowest BCUT2D eigenvalue weighted by Crippen LogP contribution is -2.36. The highest BCUT2D eigenvalue weighted by Crippen LogP contribution is 2.29. The fourth-order valence-corrected chi connectivity index (χ4v) is 2.37. The van der Waals surface area contributed by atoms with Crippen LogP contribution in [0.3, 0.4) is 0 Å². The molecule has 0 atom stereocenters. The Morgan fingerprint density at radius 3 is 2.36 bits per heavy atom. The van der Waals surface area contributed by atoms with Gasteiger partial charge in [0.05, 0.1) is 20.8 Å². The van der Waals surface area contributed by atoms with E-state index < -0.39 is 0 Å². The molecule has 0 spiro atoms. The van der Waals surface area contributed by atoms with E-state index in [4.69, 9.17) is 14.2 Å². The van der Waals surface area contributed by atoms with Crippen LogP contribution in [-0.4, -0.2) is 45.4 Å². The van der Waals surface area contributed by atoms with E-state index in [1.165, 1.54) is 0 Å². The second-order valence-electron chi connectivity index (χ2n) is 5.40. The fraction of sp³-hybridized carbons (Fsp3) is 0.316. The molecule has 134 valence electrons. The summed E-state index contributed by atoms with van der Waals surface area (Å²) in [6.45, 7) is 1.46. The number of amides is 2. The number of carbonyl (C=O) groups is 1. The summed E-state index contributed by atoms with van der Waals surface area (Å²) in [5.41, 5.74) is 1.69. The maximum atomic E-state index is 12.7. The Balaban J connectivity index is 2.10. The van der Waals surface area contributed by atoms with Crippen molar-refractivity contribution in [2.24, 2.45) is 0 Å². The van der Waals surface area contributed by atoms with Crippen molar-refractivity contribution < 1.29 is 19.0 Å². The summed E-state index contributed by atoms with van der Waals surface area (Å²) in [4.78, 5) is 14.4. The van der Waals surface area contributed by atoms with E-state index in [2.05, 4.69) is 5.32 Å². The Morgan fingerprint density at radius 1 is 1.00 bits per heavy atom. The van der Waals surface area contributed by atoms with Crippen molar-refractivity contribution in [2.45, 2.75) is 6.54 Å². The smallest absolute Gasteiger partial charge is 0.322 e. The number of nitrogens with zero attached hydrogens (tertiary/aromatic N) is 1. The van der Waals surface area contributed by atoms with Gasteiger partial charge in [0.1, 0.15) is 0 Å². The first-order valence-corrected chi connectivity index (χ1v) is 7.98. The van der Waals surface area contributed by atoms with E-state index in [1.807, 2.05) is 30.3 Å². The third-order valence-electron chi connectivity index (χ3n) is 3.70. The number of carbonyl (C=O) groups excluding carboxylic acids is 1. The van der Waals surface area contributed by atoms with Gasteiger partial charge in [-0.15, -0.1) is 0 Å². The van der Waals surface area contributed by atoms with Crippen molar-refractivity contribution in [3.8, 4) is 11.5 Å². The summed E-state index contributed by atoms with van der Waals surface area (Å²) in [5.74, 6) is 1.17. The van der Waals surface area contributed by atoms with Crippen LogP contribution in [0.1, 0.15) is 5.56 Å². The summed E-state index contributed by atoms with van der Waals surface area (Å²) in [5, 5.41) is 2.89. The van der Waals surface area contributed by atoms with Crippen LogP contribution in [0.5, 0.6) is 11.5 Å². The average Bonchev–Trinajstić information content (AvgIpc) is 2.65. The number of benzene rings is 2. The van der Waals surface area contributed by atoms with Crippen molar-refractivity contribution in [1.29, 1.82) is 0 Å². The Kier molecular flexibility index (Phi) is 7.10. The molecule has 0 unspecified atom stereocenters. The molecule has 0 aromatic heterocycles. The highest BCUT2D eigenvalue weighted by atomic mass is 16.5. The van der Waals surface area contributed by atoms with E-state index >= 15 is 0 Å². The summed E-state index contributed by atoms with van der Waals surface area (Å²) >= 11 is 0. The SMILES string of the molecule is COCCN(Cc1ccccc1)C(=O)Nc1ccc(OC)c(OC)c1. The van der Waals surface area contributed by atoms with Crippen molar-refractivity contribution >= 4 is 11.7 Å². The third kappa shape index (κ3) is 5.39. The molecule has 0 fully saturated rings. The highest BCUT2D eigenvalue weighted by Gasteiger charge is 2.15. The molecule has 0 saturated heterocycles. The molecule has 1 N–H and O–H groups in total. The summed E-state index contributed by atoms with van der Waals surface area (Å²) < 4.78 is 15.6. The molecule has 6 nitrogen and oxygen atoms in total. The predicted octanol–water partition coefficient (Wildman–Crippen LogP) is 3.38. The Morgan fingerprint density at radius 2 is 1.72 bits per heavy atom. The Hall–Kier alpha value is -2.73. The molecule has 0 aliphatic carbocycles. The van der Waals surface area contributed by atoms with Gasteiger partial charge in [-0.2, -0.15) is 0 Å². The van der Waals surface area contributed by atoms with Crippen LogP contribution >= 0.6 is 0 Å². The minimum atomic E-state index is -0.201. The van der Waals surface area contributed by atoms with Gasteiger partial charge in [0.25, 0.3) is 0 Å². The maximum Gasteiger partial charge on any atom is 0.322 e. The molecule has 0 saturated carbocycles. The normalized spacial score (nSPS) is 10.2. The highest BCUT2D eigenvalue weighted by molar-refractivity contribution is 5.89. The zero-order chi connectivity index (χ0) is 18.1. The van der Waals surface area contributed by atoms with Crippen LogP contribution in [0.2, 0.25) is 0 Å². The molecular formula is C19H24N2O4. The van der Waals surface area contributed by atoms with Gasteiger partial charge in [-0.25, -0.2) is 4.79 Å². The molecule has 0 aliphatic heterocycles. The van der Waals surface area contributed by atoms with Crippen molar-refractivity contribution in [1.82, 2.24) is 4.90 Å². The minimum Gasteiger partial charge on any atom is -0.493 e. The predicted molar refractivity (Wildman–Crippen MR) is 97.3 cm³/mol. The van der Waals surface area contributed by atoms with Crippen LogP contribution in [0.4, 0.5) is 10.5 Å². The lowest BCUT2D eigenvalue weighted by atomic mass is 10.2. The zero-order valence-corrected chi connectivity index (χ0v) is 14.8. The number of hydrogen-bond donors (Lipinski definition) is 1. The lowest BCUT2D eigenvalue weighted by Gasteiger charge is -2.23. The molecule has 0 aliphatic rings. The number of anilines is 1. The van der Waals surface area contributed by atoms with Gasteiger partial charge in [0, 0.05) is 32.0 Å². The number of hydrogen-bond acceptors (Lipinski definition) is 4. The van der Waals surface area contributed by atoms with Crippen LogP contribution in [0.15, 0.2) is 48.5 Å². The number of rotatable bonds is 8. The molecule has 0 bridgehead atoms. The van der Waals surface area contributed by atoms with E-state index in [-0.39, 0.29) is 6.03 Å². The summed E-state index contributed by atoms with van der Waals surface area (Å²) in [6, 6.07) is 14.9. The second-order valence-corrected chi connectivity index (χ2v) is 5.40. The first-order valence-electron chi connectivity index (χ1n) is 7.98. The molecule has 25 heavy (non-hydrogen) atoms. The number of ether oxygens (including phenoxy) is 3. The molecule has 0 radical (unpaired) electrons. The van der Waals surface area contributed by atoms with Gasteiger partial charge < -0.3 is 24.4 Å². The van der Waals surface area contributed by atoms with Crippen LogP contribution < -0.4 is 14.8 Å². The topological polar surface area (TPSA) is 60.0 Å². The minimum absolute atomic E-state index is 0.201. The monoisotopic (exact) mass is 344 g/mol. The Bertz CT molecular complexity index is 676. The lowest BCUT2D eigenvalue weighted by molar-refractivity contribution is 0.153. The van der Waals surface area contributed by atoms with Crippen molar-refractivity contribution in [2.75, 3.05) is 39.8 Å². The molecule has 2 aromatic rings. The number of nitrogens with one attached hydrogen (secondary N) is 1. The number of urea groups is 1. The van der Waals surface area contributed by atoms with E-state index in [0.717, 1.165) is 5.56 Å². The quantitative estimate of drug-likeness (QED) is 0.797. The van der Waals surface area contributed by atoms with Crippen molar-refractivity contribution in [3.05, 3.63) is 54.1 Å². The first-order chi connectivity index (χ1) is 12.2. The molecule has 0 heterocycles. The van der Waals surface area contributed by atoms with Gasteiger partial charge >= 0.3 is 6.03 Å². The van der Waals surface area contributed by atoms with Crippen LogP contribution in [0.25, 0.3) is 0 Å². The van der Waals surface area contributed by atoms with Crippen molar-refractivity contribution in [3.63, 3.8) is 0 Å². The van der Waals surface area contributed by atoms with E-state index in [9.17, 15) is 4.79 Å². The Labute approximate surface area is 148 Å². The van der Waals surface area contributed by atoms with E-state index in [1.54, 1.807) is 44.4 Å². The van der Waals surface area contributed by atoms with Crippen LogP contribution in [0, 0.1) is 0 Å². The molecule has 2 rings (SSSR count). The molecule has 6 heteroatoms. The van der Waals surface area contributed by atoms with Crippen LogP contribution in [-0.2, 0) is 11.3 Å². The number of methoxy groups -OCH3 is 3. The van der Waals surface area contributed by atoms with Gasteiger partial charge in [0.15, 0.2) is 11.5 Å². The molecule has 2 amide bonds. The molecule has 2 aromatic carbocycles. The largest absolute Gasteiger partial charge is 0.493 e. The standard InChI is InChI=1S/C19H24N2O4/c1-23-12-11-21(14-15-7-5-4-6-8-15)19(22)20-16-9-10-17(24-2)18(13-16)25-3/h4-10,13H,11-12,14H2,1-3H3,(H,20,22). The molecular weight excluding hydrogens is 320 g/mol. The van der Waals surface area contributed by atoms with Gasteiger partial charge in [0.2, 0.25) is 0 Å². The van der Waals surface area contributed by atoms with Gasteiger partial charge in [-0.3, -0.25) is 0 Å². The zero-order valence-electron chi connectivity index (χ0n) is 14.8. The maximum absolute atomic E-state index is 12.7. The van der Waals surface area contributed by atoms with E-state index in [0.29, 0.717) is 36.9 Å². The van der Waals surface area contributed by atoms with Gasteiger partial charge in [-0.1, -0.05) is 30.3 Å². The summed E-state index contributed by atoms with van der Waals surface area (Å²) in [6.07, 6.45) is 0. The fourth-order valence-electron chi connectivity index (χ4n) is 2.37. The first kappa shape index (κ1) is 18.6. The summed E-state index contributed by atoms with van der Waals surface area (Å²) in [7, 11) is 4.75. The van der Waals surface area contributed by atoms with Gasteiger partial charge in [-0.05, 0) is 17.7 Å². The second kappa shape index (κ2) is 9.54.